The van der Waals surface area contributed by atoms with Crippen LogP contribution in [0.1, 0.15) is 18.4 Å². The van der Waals surface area contributed by atoms with E-state index in [4.69, 9.17) is 5.11 Å². The van der Waals surface area contributed by atoms with Gasteiger partial charge in [0.15, 0.2) is 0 Å². The van der Waals surface area contributed by atoms with Gasteiger partial charge in [-0.3, -0.25) is 4.79 Å². The van der Waals surface area contributed by atoms with Crippen molar-refractivity contribution in [2.75, 3.05) is 0 Å². The summed E-state index contributed by atoms with van der Waals surface area (Å²) in [5.41, 5.74) is -0.934. The first-order chi connectivity index (χ1) is 6.97. The summed E-state index contributed by atoms with van der Waals surface area (Å²) < 4.78 is 13.3. The number of carbonyl (C=O) groups is 1. The molecule has 2 N–H and O–H groups in total. The Morgan fingerprint density at radius 1 is 1.47 bits per heavy atom. The Morgan fingerprint density at radius 2 is 2.07 bits per heavy atom. The molecule has 1 saturated carbocycles. The van der Waals surface area contributed by atoms with E-state index < -0.39 is 17.2 Å². The Morgan fingerprint density at radius 3 is 2.53 bits per heavy atom. The number of hydrogen-bond donors (Lipinski definition) is 2. The minimum atomic E-state index is -1.09. The van der Waals surface area contributed by atoms with Crippen LogP contribution < -0.4 is 0 Å². The van der Waals surface area contributed by atoms with E-state index in [0.717, 1.165) is 12.1 Å². The Kier molecular flexibility index (Phi) is 2.22. The zero-order valence-electron chi connectivity index (χ0n) is 7.63. The van der Waals surface area contributed by atoms with Crippen molar-refractivity contribution in [3.05, 3.63) is 28.0 Å². The van der Waals surface area contributed by atoms with Gasteiger partial charge in [0.2, 0.25) is 0 Å². The van der Waals surface area contributed by atoms with E-state index in [9.17, 15) is 14.3 Å². The molecule has 0 saturated heterocycles. The zero-order chi connectivity index (χ0) is 11.2. The maximum Gasteiger partial charge on any atom is 0.314 e. The molecule has 1 aliphatic rings. The smallest absolute Gasteiger partial charge is 0.314 e. The van der Waals surface area contributed by atoms with Gasteiger partial charge in [0.05, 0.1) is 9.89 Å². The van der Waals surface area contributed by atoms with Gasteiger partial charge in [-0.1, -0.05) is 0 Å². The molecule has 0 amide bonds. The number of phenolic OH excluding ortho intramolecular Hbond substituents is 1. The fraction of sp³-hybridized carbons (Fsp3) is 0.300. The number of carboxylic acids is 1. The van der Waals surface area contributed by atoms with E-state index in [2.05, 4.69) is 15.9 Å². The van der Waals surface area contributed by atoms with Gasteiger partial charge in [-0.15, -0.1) is 0 Å². The van der Waals surface area contributed by atoms with Crippen molar-refractivity contribution in [3.63, 3.8) is 0 Å². The highest BCUT2D eigenvalue weighted by molar-refractivity contribution is 9.10. The molecule has 1 aliphatic carbocycles. The second-order valence-corrected chi connectivity index (χ2v) is 4.53. The average Bonchev–Trinajstić information content (AvgIpc) is 2.91. The Hall–Kier alpha value is -1.10. The lowest BCUT2D eigenvalue weighted by molar-refractivity contribution is -0.140. The SMILES string of the molecule is O=C(O)C1(c2cc(F)cc(Br)c2O)CC1. The highest BCUT2D eigenvalue weighted by Crippen LogP contribution is 2.52. The normalized spacial score (nSPS) is 17.5. The third-order valence-electron chi connectivity index (χ3n) is 2.70. The van der Waals surface area contributed by atoms with Crippen molar-refractivity contribution < 1.29 is 19.4 Å². The van der Waals surface area contributed by atoms with Crippen molar-refractivity contribution in [3.8, 4) is 5.75 Å². The van der Waals surface area contributed by atoms with E-state index in [-0.39, 0.29) is 15.8 Å². The highest BCUT2D eigenvalue weighted by Gasteiger charge is 2.53. The van der Waals surface area contributed by atoms with Crippen LogP contribution in [0.4, 0.5) is 4.39 Å². The molecule has 0 aliphatic heterocycles. The van der Waals surface area contributed by atoms with Crippen LogP contribution in [0.5, 0.6) is 5.75 Å². The summed E-state index contributed by atoms with van der Waals surface area (Å²) in [6.07, 6.45) is 0.873. The lowest BCUT2D eigenvalue weighted by Crippen LogP contribution is -2.19. The molecule has 0 heterocycles. The second-order valence-electron chi connectivity index (χ2n) is 3.67. The molecular weight excluding hydrogens is 267 g/mol. The van der Waals surface area contributed by atoms with E-state index in [1.807, 2.05) is 0 Å². The third kappa shape index (κ3) is 1.51. The van der Waals surface area contributed by atoms with Crippen molar-refractivity contribution in [2.45, 2.75) is 18.3 Å². The molecule has 2 rings (SSSR count). The number of aromatic hydroxyl groups is 1. The van der Waals surface area contributed by atoms with Gasteiger partial charge >= 0.3 is 5.97 Å². The Balaban J connectivity index is 2.58. The first kappa shape index (κ1) is 10.4. The first-order valence-electron chi connectivity index (χ1n) is 4.39. The number of carboxylic acid groups (broad SMARTS) is 1. The molecule has 0 aromatic heterocycles. The van der Waals surface area contributed by atoms with Crippen LogP contribution in [-0.4, -0.2) is 16.2 Å². The molecule has 1 aromatic rings. The van der Waals surface area contributed by atoms with Gasteiger partial charge in [-0.05, 0) is 40.9 Å². The fourth-order valence-electron chi connectivity index (χ4n) is 1.65. The number of hydrogen-bond acceptors (Lipinski definition) is 2. The molecular formula is C10H8BrFO3. The minimum absolute atomic E-state index is 0.155. The largest absolute Gasteiger partial charge is 0.506 e. The predicted octanol–water partition coefficient (Wildman–Crippen LogP) is 2.41. The molecule has 15 heavy (non-hydrogen) atoms. The van der Waals surface area contributed by atoms with E-state index in [1.54, 1.807) is 0 Å². The van der Waals surface area contributed by atoms with Crippen LogP contribution in [0.15, 0.2) is 16.6 Å². The van der Waals surface area contributed by atoms with Crippen LogP contribution in [0, 0.1) is 5.82 Å². The molecule has 0 unspecified atom stereocenters. The monoisotopic (exact) mass is 274 g/mol. The number of rotatable bonds is 2. The van der Waals surface area contributed by atoms with Gasteiger partial charge in [0.1, 0.15) is 11.6 Å². The molecule has 80 valence electrons. The van der Waals surface area contributed by atoms with Gasteiger partial charge in [0, 0.05) is 5.56 Å². The first-order valence-corrected chi connectivity index (χ1v) is 5.18. The summed E-state index contributed by atoms with van der Waals surface area (Å²) in [6.45, 7) is 0. The molecule has 3 nitrogen and oxygen atoms in total. The van der Waals surface area contributed by atoms with Crippen LogP contribution in [0.25, 0.3) is 0 Å². The van der Waals surface area contributed by atoms with Gasteiger partial charge in [-0.25, -0.2) is 4.39 Å². The molecule has 5 heteroatoms. The van der Waals surface area contributed by atoms with Gasteiger partial charge in [0.25, 0.3) is 0 Å². The summed E-state index contributed by atoms with van der Waals surface area (Å²) in [7, 11) is 0. The zero-order valence-corrected chi connectivity index (χ0v) is 9.21. The maximum atomic E-state index is 13.1. The van der Waals surface area contributed by atoms with Crippen molar-refractivity contribution in [2.24, 2.45) is 0 Å². The number of halogens is 2. The molecule has 0 atom stereocenters. The summed E-state index contributed by atoms with van der Waals surface area (Å²) in [6, 6.07) is 2.19. The highest BCUT2D eigenvalue weighted by atomic mass is 79.9. The maximum absolute atomic E-state index is 13.1. The standard InChI is InChI=1S/C10H8BrFO3/c11-7-4-5(12)3-6(8(7)13)10(1-2-10)9(14)15/h3-4,13H,1-2H2,(H,14,15). The predicted molar refractivity (Wildman–Crippen MR) is 54.3 cm³/mol. The number of benzene rings is 1. The summed E-state index contributed by atoms with van der Waals surface area (Å²) in [4.78, 5) is 11.0. The van der Waals surface area contributed by atoms with E-state index >= 15 is 0 Å². The Labute approximate surface area is 93.7 Å². The molecule has 0 bridgehead atoms. The lowest BCUT2D eigenvalue weighted by atomic mass is 9.95. The van der Waals surface area contributed by atoms with Crippen molar-refractivity contribution in [1.29, 1.82) is 0 Å². The van der Waals surface area contributed by atoms with Crippen molar-refractivity contribution >= 4 is 21.9 Å². The van der Waals surface area contributed by atoms with Crippen LogP contribution in [0.2, 0.25) is 0 Å². The Bertz CT molecular complexity index is 441. The van der Waals surface area contributed by atoms with Gasteiger partial charge in [-0.2, -0.15) is 0 Å². The number of aliphatic carboxylic acids is 1. The minimum Gasteiger partial charge on any atom is -0.506 e. The van der Waals surface area contributed by atoms with Crippen LogP contribution >= 0.6 is 15.9 Å². The van der Waals surface area contributed by atoms with Crippen LogP contribution in [0.3, 0.4) is 0 Å². The van der Waals surface area contributed by atoms with E-state index in [0.29, 0.717) is 12.8 Å². The fourth-order valence-corrected chi connectivity index (χ4v) is 2.09. The van der Waals surface area contributed by atoms with E-state index in [1.165, 1.54) is 0 Å². The molecule has 0 radical (unpaired) electrons. The molecule has 1 aromatic carbocycles. The molecule has 1 fully saturated rings. The van der Waals surface area contributed by atoms with Gasteiger partial charge < -0.3 is 10.2 Å². The second kappa shape index (κ2) is 3.20. The average molecular weight is 275 g/mol. The topological polar surface area (TPSA) is 57.5 Å². The summed E-state index contributed by atoms with van der Waals surface area (Å²) in [5, 5.41) is 18.7. The van der Waals surface area contributed by atoms with Crippen molar-refractivity contribution in [1.82, 2.24) is 0 Å². The summed E-state index contributed by atoms with van der Waals surface area (Å²) >= 11 is 2.98. The van der Waals surface area contributed by atoms with Crippen LogP contribution in [-0.2, 0) is 10.2 Å². The lowest BCUT2D eigenvalue weighted by Gasteiger charge is -2.13. The quantitative estimate of drug-likeness (QED) is 0.871. The third-order valence-corrected chi connectivity index (χ3v) is 3.31. The molecule has 0 spiro atoms. The summed E-state index contributed by atoms with van der Waals surface area (Å²) in [5.74, 6) is -1.76. The number of phenols is 1.